The topological polar surface area (TPSA) is 92.9 Å². The Kier molecular flexibility index (Phi) is 3.47. The molecule has 0 saturated carbocycles. The van der Waals surface area contributed by atoms with Gasteiger partial charge in [0.15, 0.2) is 0 Å². The van der Waals surface area contributed by atoms with Gasteiger partial charge in [0.05, 0.1) is 13.2 Å². The number of carboxylic acids is 1. The van der Waals surface area contributed by atoms with Gasteiger partial charge in [-0.2, -0.15) is 0 Å². The SMILES string of the molecule is NC(=O)C=C(C(=O)O)N1CCOCC1. The molecule has 1 aliphatic heterocycles. The van der Waals surface area contributed by atoms with Crippen molar-refractivity contribution in [3.05, 3.63) is 11.8 Å². The van der Waals surface area contributed by atoms with Crippen LogP contribution >= 0.6 is 0 Å². The third kappa shape index (κ3) is 2.74. The molecular formula is C8H12N2O4. The lowest BCUT2D eigenvalue weighted by atomic mass is 10.3. The smallest absolute Gasteiger partial charge is 0.352 e. The molecule has 6 heteroatoms. The highest BCUT2D eigenvalue weighted by atomic mass is 16.5. The van der Waals surface area contributed by atoms with E-state index < -0.39 is 11.9 Å². The van der Waals surface area contributed by atoms with Gasteiger partial charge in [0.1, 0.15) is 5.70 Å². The molecule has 0 aromatic heterocycles. The third-order valence-corrected chi connectivity index (χ3v) is 1.85. The van der Waals surface area contributed by atoms with Crippen LogP contribution in [0.1, 0.15) is 0 Å². The van der Waals surface area contributed by atoms with Crippen molar-refractivity contribution in [3.63, 3.8) is 0 Å². The number of amides is 1. The van der Waals surface area contributed by atoms with E-state index in [0.29, 0.717) is 26.3 Å². The molecule has 1 heterocycles. The Bertz CT molecular complexity index is 269. The van der Waals surface area contributed by atoms with Gasteiger partial charge in [-0.15, -0.1) is 0 Å². The normalized spacial score (nSPS) is 18.0. The van der Waals surface area contributed by atoms with Crippen LogP contribution in [0.25, 0.3) is 0 Å². The molecule has 1 amide bonds. The molecule has 0 spiro atoms. The van der Waals surface area contributed by atoms with Crippen LogP contribution in [-0.2, 0) is 14.3 Å². The molecule has 1 rings (SSSR count). The number of nitrogens with zero attached hydrogens (tertiary/aromatic N) is 1. The number of hydrogen-bond donors (Lipinski definition) is 2. The standard InChI is InChI=1S/C8H12N2O4/c9-7(11)5-6(8(12)13)10-1-3-14-4-2-10/h5H,1-4H2,(H2,9,11)(H,12,13). The van der Waals surface area contributed by atoms with E-state index >= 15 is 0 Å². The van der Waals surface area contributed by atoms with Crippen LogP contribution in [0.4, 0.5) is 0 Å². The summed E-state index contributed by atoms with van der Waals surface area (Å²) in [5, 5.41) is 8.82. The zero-order valence-corrected chi connectivity index (χ0v) is 7.60. The zero-order chi connectivity index (χ0) is 10.6. The molecule has 0 aliphatic carbocycles. The molecular weight excluding hydrogens is 188 g/mol. The summed E-state index contributed by atoms with van der Waals surface area (Å²) in [4.78, 5) is 22.9. The van der Waals surface area contributed by atoms with Gasteiger partial charge < -0.3 is 20.5 Å². The van der Waals surface area contributed by atoms with Gasteiger partial charge in [0.2, 0.25) is 5.91 Å². The summed E-state index contributed by atoms with van der Waals surface area (Å²) in [6.45, 7) is 1.85. The Morgan fingerprint density at radius 1 is 1.36 bits per heavy atom. The number of nitrogens with two attached hydrogens (primary N) is 1. The van der Waals surface area contributed by atoms with Gasteiger partial charge >= 0.3 is 5.97 Å². The van der Waals surface area contributed by atoms with E-state index in [1.165, 1.54) is 0 Å². The summed E-state index contributed by atoms with van der Waals surface area (Å²) in [5.74, 6) is -1.90. The summed E-state index contributed by atoms with van der Waals surface area (Å²) in [7, 11) is 0. The first-order chi connectivity index (χ1) is 6.61. The Labute approximate surface area is 80.9 Å². The van der Waals surface area contributed by atoms with E-state index in [0.717, 1.165) is 6.08 Å². The average Bonchev–Trinajstić information content (AvgIpc) is 2.15. The van der Waals surface area contributed by atoms with Crippen molar-refractivity contribution in [2.75, 3.05) is 26.3 Å². The minimum Gasteiger partial charge on any atom is -0.477 e. The lowest BCUT2D eigenvalue weighted by Gasteiger charge is -2.28. The fourth-order valence-electron chi connectivity index (χ4n) is 1.23. The highest BCUT2D eigenvalue weighted by Gasteiger charge is 2.19. The summed E-state index contributed by atoms with van der Waals surface area (Å²) < 4.78 is 5.06. The average molecular weight is 200 g/mol. The summed E-state index contributed by atoms with van der Waals surface area (Å²) >= 11 is 0. The molecule has 0 atom stereocenters. The van der Waals surface area contributed by atoms with Crippen molar-refractivity contribution in [1.82, 2.24) is 4.90 Å². The maximum atomic E-state index is 10.8. The van der Waals surface area contributed by atoms with Crippen molar-refractivity contribution in [2.24, 2.45) is 5.73 Å². The number of morpholine rings is 1. The van der Waals surface area contributed by atoms with Gasteiger partial charge in [0.25, 0.3) is 0 Å². The minimum atomic E-state index is -1.15. The number of hydrogen-bond acceptors (Lipinski definition) is 4. The number of carbonyl (C=O) groups is 2. The lowest BCUT2D eigenvalue weighted by Crippen LogP contribution is -2.38. The predicted octanol–water partition coefficient (Wildman–Crippen LogP) is -1.23. The van der Waals surface area contributed by atoms with Crippen molar-refractivity contribution in [3.8, 4) is 0 Å². The van der Waals surface area contributed by atoms with E-state index in [1.54, 1.807) is 4.90 Å². The first kappa shape index (κ1) is 10.5. The Hall–Kier alpha value is -1.56. The quantitative estimate of drug-likeness (QED) is 0.556. The fourth-order valence-corrected chi connectivity index (χ4v) is 1.23. The first-order valence-electron chi connectivity index (χ1n) is 4.18. The van der Waals surface area contributed by atoms with Crippen LogP contribution in [0.15, 0.2) is 11.8 Å². The molecule has 0 aromatic carbocycles. The second kappa shape index (κ2) is 4.61. The summed E-state index contributed by atoms with van der Waals surface area (Å²) in [5.41, 5.74) is 4.83. The van der Waals surface area contributed by atoms with Crippen molar-refractivity contribution < 1.29 is 19.4 Å². The van der Waals surface area contributed by atoms with Gasteiger partial charge in [-0.25, -0.2) is 4.79 Å². The molecule has 1 saturated heterocycles. The van der Waals surface area contributed by atoms with Crippen LogP contribution < -0.4 is 5.73 Å². The van der Waals surface area contributed by atoms with Crippen molar-refractivity contribution in [2.45, 2.75) is 0 Å². The van der Waals surface area contributed by atoms with Crippen molar-refractivity contribution >= 4 is 11.9 Å². The summed E-state index contributed by atoms with van der Waals surface area (Å²) in [6, 6.07) is 0. The number of ether oxygens (including phenoxy) is 1. The van der Waals surface area contributed by atoms with Gasteiger partial charge in [-0.3, -0.25) is 4.79 Å². The largest absolute Gasteiger partial charge is 0.477 e. The second-order valence-electron chi connectivity index (χ2n) is 2.84. The highest BCUT2D eigenvalue weighted by molar-refractivity contribution is 5.96. The van der Waals surface area contributed by atoms with Crippen LogP contribution in [0, 0.1) is 0 Å². The molecule has 6 nitrogen and oxygen atoms in total. The van der Waals surface area contributed by atoms with Crippen LogP contribution in [0.3, 0.4) is 0 Å². The highest BCUT2D eigenvalue weighted by Crippen LogP contribution is 2.07. The van der Waals surface area contributed by atoms with Crippen LogP contribution in [0.2, 0.25) is 0 Å². The first-order valence-corrected chi connectivity index (χ1v) is 4.18. The Balaban J connectivity index is 2.76. The van der Waals surface area contributed by atoms with Crippen LogP contribution in [-0.4, -0.2) is 48.2 Å². The molecule has 1 aliphatic rings. The molecule has 0 radical (unpaired) electrons. The molecule has 0 aromatic rings. The zero-order valence-electron chi connectivity index (χ0n) is 7.60. The Morgan fingerprint density at radius 3 is 2.36 bits per heavy atom. The fraction of sp³-hybridized carbons (Fsp3) is 0.500. The number of carbonyl (C=O) groups excluding carboxylic acids is 1. The number of rotatable bonds is 3. The van der Waals surface area contributed by atoms with E-state index in [1.807, 2.05) is 0 Å². The summed E-state index contributed by atoms with van der Waals surface area (Å²) in [6.07, 6.45) is 0.924. The van der Waals surface area contributed by atoms with E-state index in [-0.39, 0.29) is 5.70 Å². The maximum absolute atomic E-state index is 10.8. The molecule has 78 valence electrons. The minimum absolute atomic E-state index is 0.0687. The lowest BCUT2D eigenvalue weighted by molar-refractivity contribution is -0.135. The van der Waals surface area contributed by atoms with E-state index in [2.05, 4.69) is 0 Å². The van der Waals surface area contributed by atoms with Gasteiger partial charge in [0, 0.05) is 19.2 Å². The molecule has 0 unspecified atom stereocenters. The Morgan fingerprint density at radius 2 is 1.93 bits per heavy atom. The van der Waals surface area contributed by atoms with Gasteiger partial charge in [-0.05, 0) is 0 Å². The molecule has 1 fully saturated rings. The number of carboxylic acid groups (broad SMARTS) is 1. The maximum Gasteiger partial charge on any atom is 0.352 e. The molecule has 0 bridgehead atoms. The van der Waals surface area contributed by atoms with Crippen molar-refractivity contribution in [1.29, 1.82) is 0 Å². The van der Waals surface area contributed by atoms with E-state index in [9.17, 15) is 9.59 Å². The number of primary amides is 1. The molecule has 3 N–H and O–H groups in total. The van der Waals surface area contributed by atoms with E-state index in [4.69, 9.17) is 15.6 Å². The van der Waals surface area contributed by atoms with Gasteiger partial charge in [-0.1, -0.05) is 0 Å². The second-order valence-corrected chi connectivity index (χ2v) is 2.84. The predicted molar refractivity (Wildman–Crippen MR) is 47.3 cm³/mol. The van der Waals surface area contributed by atoms with Crippen LogP contribution in [0.5, 0.6) is 0 Å². The number of aliphatic carboxylic acids is 1. The monoisotopic (exact) mass is 200 g/mol. The molecule has 14 heavy (non-hydrogen) atoms. The third-order valence-electron chi connectivity index (χ3n) is 1.85.